The number of hydrogen-bond donors (Lipinski definition) is 1. The first-order valence-electron chi connectivity index (χ1n) is 5.99. The first-order chi connectivity index (χ1) is 10.2. The molecule has 4 nitrogen and oxygen atoms in total. The summed E-state index contributed by atoms with van der Waals surface area (Å²) in [5.74, 6) is -2.17. The number of alkyl halides is 3. The molecular formula is C13H9ClF4N2O2. The highest BCUT2D eigenvalue weighted by Gasteiger charge is 2.38. The van der Waals surface area contributed by atoms with Crippen LogP contribution in [0.25, 0.3) is 11.3 Å². The lowest BCUT2D eigenvalue weighted by atomic mass is 10.1. The third-order valence-electron chi connectivity index (χ3n) is 2.80. The van der Waals surface area contributed by atoms with Crippen LogP contribution in [0.2, 0.25) is 5.02 Å². The molecule has 0 spiro atoms. The highest BCUT2D eigenvalue weighted by molar-refractivity contribution is 6.35. The fourth-order valence-corrected chi connectivity index (χ4v) is 1.82. The summed E-state index contributed by atoms with van der Waals surface area (Å²) in [6.07, 6.45) is -4.60. The summed E-state index contributed by atoms with van der Waals surface area (Å²) in [6, 6.07) is 2.91. The minimum absolute atomic E-state index is 0.0338. The number of amides is 1. The van der Waals surface area contributed by atoms with Gasteiger partial charge in [0.15, 0.2) is 0 Å². The Morgan fingerprint density at radius 1 is 1.32 bits per heavy atom. The molecule has 0 saturated heterocycles. The fraction of sp³-hybridized carbons (Fsp3) is 0.231. The van der Waals surface area contributed by atoms with Crippen molar-refractivity contribution >= 4 is 17.5 Å². The molecule has 1 aromatic carbocycles. The lowest BCUT2D eigenvalue weighted by Crippen LogP contribution is -2.43. The summed E-state index contributed by atoms with van der Waals surface area (Å²) in [5.41, 5.74) is 0.393. The number of nitrogens with zero attached hydrogens (tertiary/aromatic N) is 1. The van der Waals surface area contributed by atoms with Gasteiger partial charge in [-0.05, 0) is 31.2 Å². The molecule has 0 aliphatic rings. The van der Waals surface area contributed by atoms with Crippen molar-refractivity contribution in [2.45, 2.75) is 19.1 Å². The minimum atomic E-state index is -4.60. The van der Waals surface area contributed by atoms with E-state index in [9.17, 15) is 22.4 Å². The number of halogens is 5. The molecule has 0 aliphatic heterocycles. The van der Waals surface area contributed by atoms with Crippen molar-refractivity contribution in [2.75, 3.05) is 0 Å². The van der Waals surface area contributed by atoms with Crippen LogP contribution in [0.5, 0.6) is 0 Å². The Balaban J connectivity index is 2.24. The zero-order valence-corrected chi connectivity index (χ0v) is 11.8. The number of carbonyl (C=O) groups excluding carboxylic acids is 1. The van der Waals surface area contributed by atoms with Crippen molar-refractivity contribution in [3.05, 3.63) is 40.9 Å². The van der Waals surface area contributed by atoms with Crippen molar-refractivity contribution in [1.82, 2.24) is 10.5 Å². The highest BCUT2D eigenvalue weighted by atomic mass is 35.5. The Labute approximate surface area is 127 Å². The standard InChI is InChI=1S/C13H9ClF4N2O2/c1-6(13(16,17)18)19-12(21)11-9(14)10(20-22-11)7-2-4-8(15)5-3-7/h2-6H,1H3,(H,19,21). The van der Waals surface area contributed by atoms with Gasteiger partial charge in [0, 0.05) is 5.56 Å². The third-order valence-corrected chi connectivity index (χ3v) is 3.15. The molecule has 22 heavy (non-hydrogen) atoms. The normalized spacial score (nSPS) is 13.0. The maximum Gasteiger partial charge on any atom is 0.408 e. The van der Waals surface area contributed by atoms with E-state index in [-0.39, 0.29) is 10.7 Å². The van der Waals surface area contributed by atoms with E-state index in [2.05, 4.69) is 5.16 Å². The van der Waals surface area contributed by atoms with Gasteiger partial charge in [-0.15, -0.1) is 0 Å². The number of aromatic nitrogens is 1. The lowest BCUT2D eigenvalue weighted by molar-refractivity contribution is -0.149. The van der Waals surface area contributed by atoms with Gasteiger partial charge in [0.2, 0.25) is 5.76 Å². The van der Waals surface area contributed by atoms with E-state index in [0.717, 1.165) is 19.1 Å². The van der Waals surface area contributed by atoms with E-state index >= 15 is 0 Å². The summed E-state index contributed by atoms with van der Waals surface area (Å²) >= 11 is 5.90. The van der Waals surface area contributed by atoms with Crippen LogP contribution in [0, 0.1) is 5.82 Å². The van der Waals surface area contributed by atoms with E-state index in [4.69, 9.17) is 16.1 Å². The van der Waals surface area contributed by atoms with Gasteiger partial charge < -0.3 is 9.84 Å². The predicted molar refractivity (Wildman–Crippen MR) is 69.9 cm³/mol. The van der Waals surface area contributed by atoms with Crippen LogP contribution in [0.1, 0.15) is 17.5 Å². The summed E-state index contributed by atoms with van der Waals surface area (Å²) in [7, 11) is 0. The molecule has 1 amide bonds. The average Bonchev–Trinajstić information content (AvgIpc) is 2.80. The van der Waals surface area contributed by atoms with Gasteiger partial charge in [-0.1, -0.05) is 16.8 Å². The van der Waals surface area contributed by atoms with Crippen molar-refractivity contribution in [3.8, 4) is 11.3 Å². The molecule has 2 rings (SSSR count). The molecule has 1 N–H and O–H groups in total. The zero-order valence-electron chi connectivity index (χ0n) is 11.0. The van der Waals surface area contributed by atoms with Gasteiger partial charge in [0.25, 0.3) is 5.91 Å². The van der Waals surface area contributed by atoms with Gasteiger partial charge >= 0.3 is 6.18 Å². The second-order valence-electron chi connectivity index (χ2n) is 4.42. The number of benzene rings is 1. The van der Waals surface area contributed by atoms with Gasteiger partial charge in [-0.3, -0.25) is 4.79 Å². The Hall–Kier alpha value is -2.09. The SMILES string of the molecule is CC(NC(=O)c1onc(-c2ccc(F)cc2)c1Cl)C(F)(F)F. The van der Waals surface area contributed by atoms with E-state index in [1.165, 1.54) is 12.1 Å². The van der Waals surface area contributed by atoms with Gasteiger partial charge in [-0.2, -0.15) is 13.2 Å². The Morgan fingerprint density at radius 2 is 1.91 bits per heavy atom. The van der Waals surface area contributed by atoms with Crippen molar-refractivity contribution in [1.29, 1.82) is 0 Å². The Morgan fingerprint density at radius 3 is 2.45 bits per heavy atom. The van der Waals surface area contributed by atoms with Crippen LogP contribution in [0.4, 0.5) is 17.6 Å². The molecule has 0 bridgehead atoms. The van der Waals surface area contributed by atoms with Crippen molar-refractivity contribution in [2.24, 2.45) is 0 Å². The molecule has 1 aromatic heterocycles. The Bertz CT molecular complexity index is 682. The maximum absolute atomic E-state index is 12.8. The number of carbonyl (C=O) groups is 1. The summed E-state index contributed by atoms with van der Waals surface area (Å²) in [4.78, 5) is 11.7. The first kappa shape index (κ1) is 16.3. The molecular weight excluding hydrogens is 328 g/mol. The molecule has 0 radical (unpaired) electrons. The minimum Gasteiger partial charge on any atom is -0.349 e. The van der Waals surface area contributed by atoms with Crippen LogP contribution >= 0.6 is 11.6 Å². The molecule has 1 atom stereocenters. The monoisotopic (exact) mass is 336 g/mol. The average molecular weight is 337 g/mol. The predicted octanol–water partition coefficient (Wildman–Crippen LogP) is 3.81. The van der Waals surface area contributed by atoms with Gasteiger partial charge in [-0.25, -0.2) is 4.39 Å². The molecule has 0 saturated carbocycles. The van der Waals surface area contributed by atoms with Crippen LogP contribution in [0.3, 0.4) is 0 Å². The largest absolute Gasteiger partial charge is 0.408 e. The maximum atomic E-state index is 12.8. The summed E-state index contributed by atoms with van der Waals surface area (Å²) < 4.78 is 54.8. The molecule has 0 aliphatic carbocycles. The van der Waals surface area contributed by atoms with Gasteiger partial charge in [0.1, 0.15) is 22.6 Å². The van der Waals surface area contributed by atoms with Gasteiger partial charge in [0.05, 0.1) is 0 Å². The molecule has 1 heterocycles. The molecule has 0 fully saturated rings. The smallest absolute Gasteiger partial charge is 0.349 e. The number of nitrogens with one attached hydrogen (secondary N) is 1. The summed E-state index contributed by atoms with van der Waals surface area (Å²) in [6.45, 7) is 0.781. The number of hydrogen-bond acceptors (Lipinski definition) is 3. The van der Waals surface area contributed by atoms with Crippen LogP contribution in [-0.2, 0) is 0 Å². The quantitative estimate of drug-likeness (QED) is 0.867. The van der Waals surface area contributed by atoms with Crippen LogP contribution < -0.4 is 5.32 Å². The molecule has 9 heteroatoms. The summed E-state index contributed by atoms with van der Waals surface area (Å²) in [5, 5.41) is 4.99. The fourth-order valence-electron chi connectivity index (χ4n) is 1.55. The van der Waals surface area contributed by atoms with Crippen molar-refractivity contribution in [3.63, 3.8) is 0 Å². The second kappa shape index (κ2) is 5.96. The Kier molecular flexibility index (Phi) is 4.41. The number of rotatable bonds is 3. The van der Waals surface area contributed by atoms with E-state index in [1.54, 1.807) is 5.32 Å². The van der Waals surface area contributed by atoms with Crippen molar-refractivity contribution < 1.29 is 26.9 Å². The van der Waals surface area contributed by atoms with Crippen LogP contribution in [-0.4, -0.2) is 23.3 Å². The van der Waals surface area contributed by atoms with E-state index < -0.39 is 29.7 Å². The van der Waals surface area contributed by atoms with Crippen LogP contribution in [0.15, 0.2) is 28.8 Å². The molecule has 2 aromatic rings. The topological polar surface area (TPSA) is 55.1 Å². The first-order valence-corrected chi connectivity index (χ1v) is 6.36. The highest BCUT2D eigenvalue weighted by Crippen LogP contribution is 2.30. The van der Waals surface area contributed by atoms with E-state index in [0.29, 0.717) is 5.56 Å². The van der Waals surface area contributed by atoms with E-state index in [1.807, 2.05) is 0 Å². The zero-order chi connectivity index (χ0) is 16.5. The third kappa shape index (κ3) is 3.38. The molecule has 1 unspecified atom stereocenters. The molecule has 118 valence electrons. The lowest BCUT2D eigenvalue weighted by Gasteiger charge is -2.15. The second-order valence-corrected chi connectivity index (χ2v) is 4.80.